The highest BCUT2D eigenvalue weighted by Gasteiger charge is 2.11. The maximum absolute atomic E-state index is 12.3. The van der Waals surface area contributed by atoms with Crippen LogP contribution in [0.1, 0.15) is 12.0 Å². The molecule has 1 aliphatic heterocycles. The third kappa shape index (κ3) is 4.58. The number of hydrogen-bond donors (Lipinski definition) is 1. The van der Waals surface area contributed by atoms with Crippen molar-refractivity contribution in [2.24, 2.45) is 0 Å². The summed E-state index contributed by atoms with van der Waals surface area (Å²) in [5.74, 6) is 0.00610. The summed E-state index contributed by atoms with van der Waals surface area (Å²) >= 11 is 0. The van der Waals surface area contributed by atoms with Crippen LogP contribution in [-0.4, -0.2) is 42.0 Å². The van der Waals surface area contributed by atoms with E-state index in [1.807, 2.05) is 71.7 Å². The van der Waals surface area contributed by atoms with Gasteiger partial charge in [0.1, 0.15) is 0 Å². The van der Waals surface area contributed by atoms with Crippen molar-refractivity contribution in [2.75, 3.05) is 36.5 Å². The number of nitrogens with one attached hydrogen (secondary N) is 1. The lowest BCUT2D eigenvalue weighted by atomic mass is 10.2. The molecule has 0 bridgehead atoms. The molecule has 1 aliphatic rings. The smallest absolute Gasteiger partial charge is 0.224 e. The molecule has 4 rings (SSSR count). The largest absolute Gasteiger partial charge is 0.378 e. The van der Waals surface area contributed by atoms with Crippen molar-refractivity contribution in [3.05, 3.63) is 72.6 Å². The molecule has 1 fully saturated rings. The molecule has 2 heterocycles. The second-order valence-corrected chi connectivity index (χ2v) is 6.82. The van der Waals surface area contributed by atoms with Crippen molar-refractivity contribution in [1.29, 1.82) is 0 Å². The fourth-order valence-electron chi connectivity index (χ4n) is 3.27. The number of para-hydroxylation sites is 1. The van der Waals surface area contributed by atoms with Gasteiger partial charge in [-0.2, -0.15) is 5.10 Å². The van der Waals surface area contributed by atoms with Crippen molar-refractivity contribution in [3.8, 4) is 5.69 Å². The highest BCUT2D eigenvalue weighted by Crippen LogP contribution is 2.19. The average Bonchev–Trinajstić information content (AvgIpc) is 3.23. The van der Waals surface area contributed by atoms with Crippen LogP contribution in [-0.2, 0) is 16.0 Å². The summed E-state index contributed by atoms with van der Waals surface area (Å²) in [6.45, 7) is 3.34. The predicted octanol–water partition coefficient (Wildman–Crippen LogP) is 3.28. The Morgan fingerprint density at radius 1 is 1.00 bits per heavy atom. The van der Waals surface area contributed by atoms with Gasteiger partial charge in [0, 0.05) is 37.1 Å². The minimum absolute atomic E-state index is 0.00610. The van der Waals surface area contributed by atoms with Crippen LogP contribution in [0.15, 0.2) is 67.0 Å². The topological polar surface area (TPSA) is 59.4 Å². The van der Waals surface area contributed by atoms with Crippen molar-refractivity contribution in [2.45, 2.75) is 12.8 Å². The van der Waals surface area contributed by atoms with E-state index >= 15 is 0 Å². The third-order valence-corrected chi connectivity index (χ3v) is 4.82. The first kappa shape index (κ1) is 18.3. The molecule has 0 atom stereocenters. The number of carbonyl (C=O) groups excluding carboxylic acids is 1. The molecule has 0 saturated carbocycles. The molecule has 28 heavy (non-hydrogen) atoms. The lowest BCUT2D eigenvalue weighted by Gasteiger charge is -2.28. The van der Waals surface area contributed by atoms with Gasteiger partial charge in [0.25, 0.3) is 0 Å². The molecular formula is C22H24N4O2. The van der Waals surface area contributed by atoms with Crippen LogP contribution >= 0.6 is 0 Å². The first-order valence-corrected chi connectivity index (χ1v) is 9.59. The molecular weight excluding hydrogens is 352 g/mol. The van der Waals surface area contributed by atoms with Gasteiger partial charge in [-0.05, 0) is 48.4 Å². The maximum atomic E-state index is 12.3. The molecule has 0 radical (unpaired) electrons. The van der Waals surface area contributed by atoms with E-state index in [1.54, 1.807) is 0 Å². The minimum atomic E-state index is 0.00610. The summed E-state index contributed by atoms with van der Waals surface area (Å²) in [6.07, 6.45) is 4.87. The van der Waals surface area contributed by atoms with E-state index in [9.17, 15) is 4.79 Å². The molecule has 1 N–H and O–H groups in total. The fourth-order valence-corrected chi connectivity index (χ4v) is 3.27. The molecule has 1 saturated heterocycles. The first-order chi connectivity index (χ1) is 13.8. The molecule has 0 aliphatic carbocycles. The van der Waals surface area contributed by atoms with Gasteiger partial charge in [0.15, 0.2) is 0 Å². The Balaban J connectivity index is 1.28. The van der Waals surface area contributed by atoms with E-state index in [4.69, 9.17) is 4.74 Å². The normalized spacial score (nSPS) is 14.1. The highest BCUT2D eigenvalue weighted by atomic mass is 16.5. The summed E-state index contributed by atoms with van der Waals surface area (Å²) in [5.41, 5.74) is 4.04. The Kier molecular flexibility index (Phi) is 5.68. The van der Waals surface area contributed by atoms with E-state index in [0.29, 0.717) is 12.8 Å². The minimum Gasteiger partial charge on any atom is -0.378 e. The highest BCUT2D eigenvalue weighted by molar-refractivity contribution is 5.91. The standard InChI is InChI=1S/C22H24N4O2/c27-22(11-6-18-16-23-26(17-18)21-4-2-1-3-5-21)24-19-7-9-20(10-8-19)25-12-14-28-15-13-25/h1-5,7-10,16-17H,6,11-15H2,(H,24,27). The summed E-state index contributed by atoms with van der Waals surface area (Å²) in [6, 6.07) is 17.9. The molecule has 2 aromatic carbocycles. The Hall–Kier alpha value is -3.12. The Morgan fingerprint density at radius 2 is 1.75 bits per heavy atom. The van der Waals surface area contributed by atoms with Gasteiger partial charge in [-0.1, -0.05) is 18.2 Å². The number of hydrogen-bond acceptors (Lipinski definition) is 4. The van der Waals surface area contributed by atoms with Gasteiger partial charge < -0.3 is 15.0 Å². The number of aromatic nitrogens is 2. The average molecular weight is 376 g/mol. The lowest BCUT2D eigenvalue weighted by molar-refractivity contribution is -0.116. The summed E-state index contributed by atoms with van der Waals surface area (Å²) in [7, 11) is 0. The van der Waals surface area contributed by atoms with Crippen LogP contribution in [0, 0.1) is 0 Å². The summed E-state index contributed by atoms with van der Waals surface area (Å²) in [4.78, 5) is 14.6. The van der Waals surface area contributed by atoms with Gasteiger partial charge in [-0.3, -0.25) is 4.79 Å². The van der Waals surface area contributed by atoms with E-state index in [0.717, 1.165) is 48.9 Å². The van der Waals surface area contributed by atoms with E-state index in [2.05, 4.69) is 15.3 Å². The van der Waals surface area contributed by atoms with Crippen LogP contribution in [0.5, 0.6) is 0 Å². The lowest BCUT2D eigenvalue weighted by Crippen LogP contribution is -2.36. The number of rotatable bonds is 6. The molecule has 144 valence electrons. The second kappa shape index (κ2) is 8.71. The second-order valence-electron chi connectivity index (χ2n) is 6.82. The molecule has 1 amide bonds. The number of morpholine rings is 1. The molecule has 6 nitrogen and oxygen atoms in total. The van der Waals surface area contributed by atoms with Crippen molar-refractivity contribution in [1.82, 2.24) is 9.78 Å². The van der Waals surface area contributed by atoms with Crippen LogP contribution in [0.25, 0.3) is 5.69 Å². The maximum Gasteiger partial charge on any atom is 0.224 e. The monoisotopic (exact) mass is 376 g/mol. The SMILES string of the molecule is O=C(CCc1cnn(-c2ccccc2)c1)Nc1ccc(N2CCOCC2)cc1. The molecule has 6 heteroatoms. The van der Waals surface area contributed by atoms with Crippen molar-refractivity contribution >= 4 is 17.3 Å². The number of amides is 1. The number of ether oxygens (including phenoxy) is 1. The summed E-state index contributed by atoms with van der Waals surface area (Å²) < 4.78 is 7.21. The van der Waals surface area contributed by atoms with Crippen LogP contribution in [0.2, 0.25) is 0 Å². The number of anilines is 2. The zero-order valence-electron chi connectivity index (χ0n) is 15.8. The quantitative estimate of drug-likeness (QED) is 0.717. The van der Waals surface area contributed by atoms with Gasteiger partial charge in [0.05, 0.1) is 25.1 Å². The number of nitrogens with zero attached hydrogens (tertiary/aromatic N) is 3. The Labute approximate surface area is 164 Å². The molecule has 0 unspecified atom stereocenters. The fraction of sp³-hybridized carbons (Fsp3) is 0.273. The Morgan fingerprint density at radius 3 is 2.50 bits per heavy atom. The van der Waals surface area contributed by atoms with Crippen LogP contribution in [0.3, 0.4) is 0 Å². The Bertz CT molecular complexity index is 900. The number of benzene rings is 2. The predicted molar refractivity (Wildman–Crippen MR) is 110 cm³/mol. The van der Waals surface area contributed by atoms with Crippen LogP contribution in [0.4, 0.5) is 11.4 Å². The van der Waals surface area contributed by atoms with Gasteiger partial charge >= 0.3 is 0 Å². The van der Waals surface area contributed by atoms with Crippen LogP contribution < -0.4 is 10.2 Å². The first-order valence-electron chi connectivity index (χ1n) is 9.59. The van der Waals surface area contributed by atoms with Crippen molar-refractivity contribution in [3.63, 3.8) is 0 Å². The number of carbonyl (C=O) groups is 1. The van der Waals surface area contributed by atoms with Gasteiger partial charge in [-0.15, -0.1) is 0 Å². The van der Waals surface area contributed by atoms with Crippen molar-refractivity contribution < 1.29 is 9.53 Å². The zero-order chi connectivity index (χ0) is 19.2. The summed E-state index contributed by atoms with van der Waals surface area (Å²) in [5, 5.41) is 7.35. The number of aryl methyl sites for hydroxylation is 1. The molecule has 1 aromatic heterocycles. The van der Waals surface area contributed by atoms with E-state index in [1.165, 1.54) is 0 Å². The molecule has 3 aromatic rings. The van der Waals surface area contributed by atoms with Gasteiger partial charge in [0.2, 0.25) is 5.91 Å². The van der Waals surface area contributed by atoms with E-state index in [-0.39, 0.29) is 5.91 Å². The third-order valence-electron chi connectivity index (χ3n) is 4.82. The zero-order valence-corrected chi connectivity index (χ0v) is 15.8. The molecule has 0 spiro atoms. The van der Waals surface area contributed by atoms with E-state index < -0.39 is 0 Å². The van der Waals surface area contributed by atoms with Gasteiger partial charge in [-0.25, -0.2) is 4.68 Å².